The molecular formula is C13H18N2O6. The first-order valence-electron chi connectivity index (χ1n) is 6.32. The molecule has 0 heterocycles. The Labute approximate surface area is 122 Å². The highest BCUT2D eigenvalue weighted by atomic mass is 16.6. The van der Waals surface area contributed by atoms with E-state index in [0.717, 1.165) is 0 Å². The lowest BCUT2D eigenvalue weighted by atomic mass is 10.2. The Balaban J connectivity index is 2.78. The van der Waals surface area contributed by atoms with Crippen LogP contribution >= 0.6 is 0 Å². The number of esters is 1. The van der Waals surface area contributed by atoms with Gasteiger partial charge in [-0.2, -0.15) is 0 Å². The molecule has 0 fully saturated rings. The van der Waals surface area contributed by atoms with E-state index in [2.05, 4.69) is 5.32 Å². The second-order valence-electron chi connectivity index (χ2n) is 4.00. The van der Waals surface area contributed by atoms with E-state index in [1.54, 1.807) is 14.0 Å². The van der Waals surface area contributed by atoms with Crippen molar-refractivity contribution in [1.82, 2.24) is 5.32 Å². The van der Waals surface area contributed by atoms with Gasteiger partial charge < -0.3 is 19.5 Å². The zero-order valence-electron chi connectivity index (χ0n) is 12.1. The van der Waals surface area contributed by atoms with E-state index in [-0.39, 0.29) is 24.7 Å². The fourth-order valence-corrected chi connectivity index (χ4v) is 1.57. The van der Waals surface area contributed by atoms with Crippen molar-refractivity contribution in [2.45, 2.75) is 13.0 Å². The third-order valence-corrected chi connectivity index (χ3v) is 2.68. The Kier molecular flexibility index (Phi) is 6.41. The number of nitrogens with one attached hydrogen (secondary N) is 1. The zero-order chi connectivity index (χ0) is 15.8. The van der Waals surface area contributed by atoms with E-state index in [1.807, 2.05) is 0 Å². The van der Waals surface area contributed by atoms with Crippen LogP contribution in [-0.2, 0) is 9.53 Å². The molecule has 0 aliphatic heterocycles. The Bertz CT molecular complexity index is 505. The molecule has 1 aromatic carbocycles. The first kappa shape index (κ1) is 16.7. The number of hydrogen-bond donors (Lipinski definition) is 1. The average molecular weight is 298 g/mol. The molecule has 0 radical (unpaired) electrons. The molecule has 0 aliphatic carbocycles. The van der Waals surface area contributed by atoms with E-state index in [4.69, 9.17) is 14.2 Å². The van der Waals surface area contributed by atoms with Gasteiger partial charge in [-0.05, 0) is 20.0 Å². The minimum atomic E-state index is -0.634. The van der Waals surface area contributed by atoms with Crippen LogP contribution < -0.4 is 14.8 Å². The fourth-order valence-electron chi connectivity index (χ4n) is 1.57. The smallest absolute Gasteiger partial charge is 0.326 e. The number of ether oxygens (including phenoxy) is 3. The number of hydrogen-bond acceptors (Lipinski definition) is 7. The largest absolute Gasteiger partial charge is 0.493 e. The Morgan fingerprint density at radius 2 is 2.14 bits per heavy atom. The number of benzene rings is 1. The lowest BCUT2D eigenvalue weighted by molar-refractivity contribution is -0.385. The van der Waals surface area contributed by atoms with Gasteiger partial charge in [-0.25, -0.2) is 0 Å². The maximum Gasteiger partial charge on any atom is 0.326 e. The van der Waals surface area contributed by atoms with Crippen LogP contribution in [0, 0.1) is 10.1 Å². The number of rotatable bonds is 8. The van der Waals surface area contributed by atoms with Gasteiger partial charge in [0.05, 0.1) is 24.7 Å². The summed E-state index contributed by atoms with van der Waals surface area (Å²) in [5.74, 6) is 0.108. The van der Waals surface area contributed by atoms with Gasteiger partial charge in [0.25, 0.3) is 5.69 Å². The molecule has 8 heteroatoms. The van der Waals surface area contributed by atoms with E-state index < -0.39 is 16.9 Å². The van der Waals surface area contributed by atoms with Crippen molar-refractivity contribution in [1.29, 1.82) is 0 Å². The minimum Gasteiger partial charge on any atom is -0.493 e. The molecule has 0 aliphatic rings. The second-order valence-corrected chi connectivity index (χ2v) is 4.00. The molecule has 0 saturated heterocycles. The van der Waals surface area contributed by atoms with Crippen molar-refractivity contribution in [2.75, 3.05) is 27.4 Å². The van der Waals surface area contributed by atoms with Crippen LogP contribution in [0.1, 0.15) is 6.92 Å². The Morgan fingerprint density at radius 3 is 2.67 bits per heavy atom. The fraction of sp³-hybridized carbons (Fsp3) is 0.462. The molecule has 8 nitrogen and oxygen atoms in total. The quantitative estimate of drug-likeness (QED) is 0.436. The first-order valence-corrected chi connectivity index (χ1v) is 6.32. The summed E-state index contributed by atoms with van der Waals surface area (Å²) in [5.41, 5.74) is -0.102. The average Bonchev–Trinajstić information content (AvgIpc) is 2.48. The van der Waals surface area contributed by atoms with Crippen molar-refractivity contribution in [2.24, 2.45) is 0 Å². The minimum absolute atomic E-state index is 0.0174. The standard InChI is InChI=1S/C13H18N2O6/c1-4-20-13(16)10(14-2)8-21-11-6-5-9(15(17)18)7-12(11)19-3/h5-7,10,14H,4,8H2,1-3H3. The summed E-state index contributed by atoms with van der Waals surface area (Å²) in [6, 6.07) is 3.35. The highest BCUT2D eigenvalue weighted by Crippen LogP contribution is 2.31. The van der Waals surface area contributed by atoms with Crippen molar-refractivity contribution in [3.05, 3.63) is 28.3 Å². The normalized spacial score (nSPS) is 11.6. The highest BCUT2D eigenvalue weighted by Gasteiger charge is 2.20. The van der Waals surface area contributed by atoms with Crippen molar-refractivity contribution in [3.8, 4) is 11.5 Å². The van der Waals surface area contributed by atoms with Gasteiger partial charge in [0.15, 0.2) is 11.5 Å². The van der Waals surface area contributed by atoms with E-state index in [0.29, 0.717) is 5.75 Å². The molecule has 1 unspecified atom stereocenters. The molecule has 0 saturated carbocycles. The molecule has 1 rings (SSSR count). The molecule has 0 bridgehead atoms. The van der Waals surface area contributed by atoms with Crippen LogP contribution in [0.25, 0.3) is 0 Å². The van der Waals surface area contributed by atoms with Gasteiger partial charge >= 0.3 is 5.97 Å². The summed E-state index contributed by atoms with van der Waals surface area (Å²) in [6.07, 6.45) is 0. The SMILES string of the molecule is CCOC(=O)C(COc1ccc([N+](=O)[O-])cc1OC)NC. The summed E-state index contributed by atoms with van der Waals surface area (Å²) >= 11 is 0. The predicted octanol–water partition coefficient (Wildman–Crippen LogP) is 1.13. The van der Waals surface area contributed by atoms with Crippen LogP contribution in [0.4, 0.5) is 5.69 Å². The zero-order valence-corrected chi connectivity index (χ0v) is 12.1. The molecule has 1 aromatic rings. The molecular weight excluding hydrogens is 280 g/mol. The predicted molar refractivity (Wildman–Crippen MR) is 74.6 cm³/mol. The monoisotopic (exact) mass is 298 g/mol. The van der Waals surface area contributed by atoms with E-state index in [9.17, 15) is 14.9 Å². The highest BCUT2D eigenvalue weighted by molar-refractivity contribution is 5.75. The number of nitrogens with zero attached hydrogens (tertiary/aromatic N) is 1. The second kappa shape index (κ2) is 8.05. The van der Waals surface area contributed by atoms with Gasteiger partial charge in [-0.1, -0.05) is 0 Å². The number of methoxy groups -OCH3 is 1. The van der Waals surface area contributed by atoms with Crippen molar-refractivity contribution in [3.63, 3.8) is 0 Å². The maximum atomic E-state index is 11.6. The Hall–Kier alpha value is -2.35. The first-order chi connectivity index (χ1) is 10.0. The number of nitro groups is 1. The summed E-state index contributed by atoms with van der Waals surface area (Å²) in [7, 11) is 2.99. The lowest BCUT2D eigenvalue weighted by Gasteiger charge is -2.16. The van der Waals surface area contributed by atoms with Gasteiger partial charge in [0, 0.05) is 6.07 Å². The summed E-state index contributed by atoms with van der Waals surface area (Å²) in [5, 5.41) is 13.5. The maximum absolute atomic E-state index is 11.6. The summed E-state index contributed by atoms with van der Waals surface area (Å²) < 4.78 is 15.4. The summed E-state index contributed by atoms with van der Waals surface area (Å²) in [6.45, 7) is 2.01. The third kappa shape index (κ3) is 4.60. The molecule has 1 atom stereocenters. The van der Waals surface area contributed by atoms with Crippen LogP contribution in [0.2, 0.25) is 0 Å². The van der Waals surface area contributed by atoms with Gasteiger partial charge in [0.2, 0.25) is 0 Å². The molecule has 0 aromatic heterocycles. The number of non-ortho nitro benzene ring substituents is 1. The molecule has 21 heavy (non-hydrogen) atoms. The van der Waals surface area contributed by atoms with Crippen LogP contribution in [0.15, 0.2) is 18.2 Å². The number of likely N-dealkylation sites (N-methyl/N-ethyl adjacent to an activating group) is 1. The molecule has 1 N–H and O–H groups in total. The molecule has 116 valence electrons. The van der Waals surface area contributed by atoms with Crippen LogP contribution in [0.3, 0.4) is 0 Å². The molecule has 0 spiro atoms. The molecule has 0 amide bonds. The van der Waals surface area contributed by atoms with Crippen LogP contribution in [-0.4, -0.2) is 44.3 Å². The Morgan fingerprint density at radius 1 is 1.43 bits per heavy atom. The van der Waals surface area contributed by atoms with Crippen molar-refractivity contribution >= 4 is 11.7 Å². The van der Waals surface area contributed by atoms with Gasteiger partial charge in [-0.15, -0.1) is 0 Å². The lowest BCUT2D eigenvalue weighted by Crippen LogP contribution is -2.40. The summed E-state index contributed by atoms with van der Waals surface area (Å²) in [4.78, 5) is 21.8. The topological polar surface area (TPSA) is 99.9 Å². The van der Waals surface area contributed by atoms with Gasteiger partial charge in [-0.3, -0.25) is 14.9 Å². The van der Waals surface area contributed by atoms with Crippen LogP contribution in [0.5, 0.6) is 11.5 Å². The number of carbonyl (C=O) groups excluding carboxylic acids is 1. The van der Waals surface area contributed by atoms with Crippen molar-refractivity contribution < 1.29 is 23.9 Å². The number of carbonyl (C=O) groups is 1. The number of nitro benzene ring substituents is 1. The van der Waals surface area contributed by atoms with Gasteiger partial charge in [0.1, 0.15) is 12.6 Å². The third-order valence-electron chi connectivity index (χ3n) is 2.68. The van der Waals surface area contributed by atoms with E-state index >= 15 is 0 Å². The van der Waals surface area contributed by atoms with E-state index in [1.165, 1.54) is 25.3 Å².